The molecule has 0 N–H and O–H groups in total. The van der Waals surface area contributed by atoms with Crippen molar-refractivity contribution in [2.75, 3.05) is 0 Å². The molecule has 4 rings (SSSR count). The Morgan fingerprint density at radius 3 is 2.54 bits per heavy atom. The Morgan fingerprint density at radius 1 is 1.08 bits per heavy atom. The first-order valence-electron chi connectivity index (χ1n) is 8.90. The number of halogens is 2. The first-order chi connectivity index (χ1) is 11.3. The monoisotopic (exact) mass is 336 g/mol. The molecule has 24 heavy (non-hydrogen) atoms. The maximum absolute atomic E-state index is 14.3. The van der Waals surface area contributed by atoms with Gasteiger partial charge in [-0.25, -0.2) is 8.78 Å². The van der Waals surface area contributed by atoms with Gasteiger partial charge >= 0.3 is 0 Å². The minimum atomic E-state index is -2.64. The summed E-state index contributed by atoms with van der Waals surface area (Å²) in [6.45, 7) is 1.96. The zero-order chi connectivity index (χ0) is 17.3. The van der Waals surface area contributed by atoms with Crippen LogP contribution in [0, 0.1) is 28.6 Å². The van der Waals surface area contributed by atoms with Crippen molar-refractivity contribution in [3.05, 3.63) is 11.6 Å². The Bertz CT molecular complexity index is 668. The number of fused-ring (bicyclic) bond motifs is 5. The van der Waals surface area contributed by atoms with Crippen molar-refractivity contribution in [1.82, 2.24) is 0 Å². The van der Waals surface area contributed by atoms with Gasteiger partial charge in [0, 0.05) is 30.3 Å². The van der Waals surface area contributed by atoms with Crippen LogP contribution < -0.4 is 0 Å². The summed E-state index contributed by atoms with van der Waals surface area (Å²) < 4.78 is 28.5. The summed E-state index contributed by atoms with van der Waals surface area (Å²) in [5.41, 5.74) is -1.85. The quantitative estimate of drug-likeness (QED) is 0.736. The molecule has 3 fully saturated rings. The molecule has 4 aliphatic rings. The molecule has 0 saturated heterocycles. The van der Waals surface area contributed by atoms with Crippen LogP contribution in [0.4, 0.5) is 8.78 Å². The van der Waals surface area contributed by atoms with Gasteiger partial charge in [-0.15, -0.1) is 0 Å². The fraction of sp³-hybridized carbons (Fsp3) is 0.737. The van der Waals surface area contributed by atoms with E-state index in [-0.39, 0.29) is 59.9 Å². The number of rotatable bonds is 1. The van der Waals surface area contributed by atoms with Crippen molar-refractivity contribution < 1.29 is 23.2 Å². The molecule has 0 aromatic heterocycles. The van der Waals surface area contributed by atoms with E-state index >= 15 is 0 Å². The SMILES string of the molecule is CC12CCC3C(CC(=O)C4=CC(=O)CCC43C(F)F)C1CCC2=O. The van der Waals surface area contributed by atoms with Crippen molar-refractivity contribution in [2.24, 2.45) is 28.6 Å². The lowest BCUT2D eigenvalue weighted by Gasteiger charge is -2.56. The molecule has 0 aliphatic heterocycles. The summed E-state index contributed by atoms with van der Waals surface area (Å²) >= 11 is 0. The molecule has 0 amide bonds. The van der Waals surface area contributed by atoms with Gasteiger partial charge in [0.25, 0.3) is 0 Å². The lowest BCUT2D eigenvalue weighted by molar-refractivity contribution is -0.150. The highest BCUT2D eigenvalue weighted by Gasteiger charge is 2.64. The predicted molar refractivity (Wildman–Crippen MR) is 82.4 cm³/mol. The van der Waals surface area contributed by atoms with Gasteiger partial charge in [0.15, 0.2) is 11.6 Å². The van der Waals surface area contributed by atoms with Crippen molar-refractivity contribution >= 4 is 17.3 Å². The number of carbonyl (C=O) groups is 3. The van der Waals surface area contributed by atoms with Gasteiger partial charge < -0.3 is 0 Å². The van der Waals surface area contributed by atoms with Crippen LogP contribution in [0.15, 0.2) is 11.6 Å². The number of alkyl halides is 2. The maximum Gasteiger partial charge on any atom is 0.248 e. The Balaban J connectivity index is 1.82. The van der Waals surface area contributed by atoms with E-state index in [4.69, 9.17) is 0 Å². The van der Waals surface area contributed by atoms with Gasteiger partial charge in [-0.05, 0) is 49.5 Å². The number of allylic oxidation sites excluding steroid dienone is 1. The van der Waals surface area contributed by atoms with Gasteiger partial charge in [-0.1, -0.05) is 6.92 Å². The summed E-state index contributed by atoms with van der Waals surface area (Å²) in [6.07, 6.45) is 1.31. The lowest BCUT2D eigenvalue weighted by Crippen LogP contribution is -2.56. The van der Waals surface area contributed by atoms with Crippen LogP contribution >= 0.6 is 0 Å². The highest BCUT2D eigenvalue weighted by Crippen LogP contribution is 2.65. The molecular formula is C19H22F2O3. The Labute approximate surface area is 139 Å². The van der Waals surface area contributed by atoms with E-state index < -0.39 is 17.3 Å². The van der Waals surface area contributed by atoms with E-state index in [1.165, 1.54) is 6.08 Å². The van der Waals surface area contributed by atoms with E-state index in [0.717, 1.165) is 0 Å². The van der Waals surface area contributed by atoms with E-state index in [9.17, 15) is 23.2 Å². The van der Waals surface area contributed by atoms with Crippen LogP contribution in [-0.2, 0) is 14.4 Å². The standard InChI is InChI=1S/C19H22F2O3/c1-18-6-5-13-11(12(18)2-3-16(18)24)9-15(23)14-8-10(22)4-7-19(13,14)17(20)21/h8,11-13,17H,2-7,9H2,1H3. The van der Waals surface area contributed by atoms with E-state index in [1.807, 2.05) is 6.92 Å². The molecule has 3 nitrogen and oxygen atoms in total. The summed E-state index contributed by atoms with van der Waals surface area (Å²) in [6, 6.07) is 0. The van der Waals surface area contributed by atoms with E-state index in [2.05, 4.69) is 0 Å². The fourth-order valence-corrected chi connectivity index (χ4v) is 6.25. The molecule has 5 unspecified atom stereocenters. The van der Waals surface area contributed by atoms with Gasteiger partial charge in [0.2, 0.25) is 6.43 Å². The number of hydrogen-bond acceptors (Lipinski definition) is 3. The minimum absolute atomic E-state index is 0.0301. The Morgan fingerprint density at radius 2 is 1.83 bits per heavy atom. The van der Waals surface area contributed by atoms with Crippen LogP contribution in [0.1, 0.15) is 51.9 Å². The second-order valence-electron chi connectivity index (χ2n) is 8.29. The first-order valence-corrected chi connectivity index (χ1v) is 8.90. The van der Waals surface area contributed by atoms with Crippen LogP contribution in [0.5, 0.6) is 0 Å². The van der Waals surface area contributed by atoms with Gasteiger partial charge in [0.1, 0.15) is 5.78 Å². The third kappa shape index (κ3) is 1.84. The second-order valence-corrected chi connectivity index (χ2v) is 8.29. The van der Waals surface area contributed by atoms with Crippen molar-refractivity contribution in [2.45, 2.75) is 58.3 Å². The smallest absolute Gasteiger partial charge is 0.248 e. The number of ketones is 3. The average molecular weight is 336 g/mol. The molecule has 0 aromatic rings. The highest BCUT2D eigenvalue weighted by molar-refractivity contribution is 6.06. The predicted octanol–water partition coefficient (Wildman–Crippen LogP) is 3.51. The molecule has 5 atom stereocenters. The summed E-state index contributed by atoms with van der Waals surface area (Å²) in [5, 5.41) is 0. The number of hydrogen-bond donors (Lipinski definition) is 0. The second kappa shape index (κ2) is 5.06. The molecule has 0 heterocycles. The Kier molecular flexibility index (Phi) is 3.39. The normalized spacial score (nSPS) is 44.9. The van der Waals surface area contributed by atoms with Crippen LogP contribution in [-0.4, -0.2) is 23.8 Å². The van der Waals surface area contributed by atoms with Crippen LogP contribution in [0.2, 0.25) is 0 Å². The largest absolute Gasteiger partial charge is 0.299 e. The minimum Gasteiger partial charge on any atom is -0.299 e. The Hall–Kier alpha value is -1.39. The molecule has 3 saturated carbocycles. The molecule has 5 heteroatoms. The van der Waals surface area contributed by atoms with E-state index in [1.54, 1.807) is 0 Å². The van der Waals surface area contributed by atoms with Crippen molar-refractivity contribution in [1.29, 1.82) is 0 Å². The zero-order valence-corrected chi connectivity index (χ0v) is 13.8. The average Bonchev–Trinajstić information content (AvgIpc) is 2.83. The highest BCUT2D eigenvalue weighted by atomic mass is 19.3. The molecule has 4 aliphatic carbocycles. The van der Waals surface area contributed by atoms with E-state index in [0.29, 0.717) is 25.7 Å². The number of carbonyl (C=O) groups excluding carboxylic acids is 3. The molecule has 0 aromatic carbocycles. The van der Waals surface area contributed by atoms with Crippen LogP contribution in [0.3, 0.4) is 0 Å². The summed E-state index contributed by atoms with van der Waals surface area (Å²) in [7, 11) is 0. The van der Waals surface area contributed by atoms with Crippen molar-refractivity contribution in [3.63, 3.8) is 0 Å². The van der Waals surface area contributed by atoms with Gasteiger partial charge in [0.05, 0.1) is 5.41 Å². The third-order valence-corrected chi connectivity index (χ3v) is 7.51. The first kappa shape index (κ1) is 16.1. The third-order valence-electron chi connectivity index (χ3n) is 7.51. The molecule has 130 valence electrons. The van der Waals surface area contributed by atoms with Gasteiger partial charge in [-0.3, -0.25) is 14.4 Å². The van der Waals surface area contributed by atoms with Crippen molar-refractivity contribution in [3.8, 4) is 0 Å². The molecule has 0 spiro atoms. The number of Topliss-reactive ketones (excluding diaryl/α,β-unsaturated/α-hetero) is 2. The fourth-order valence-electron chi connectivity index (χ4n) is 6.25. The summed E-state index contributed by atoms with van der Waals surface area (Å²) in [4.78, 5) is 36.8. The molecule has 0 bridgehead atoms. The zero-order valence-electron chi connectivity index (χ0n) is 13.8. The van der Waals surface area contributed by atoms with Crippen LogP contribution in [0.25, 0.3) is 0 Å². The maximum atomic E-state index is 14.3. The lowest BCUT2D eigenvalue weighted by atomic mass is 9.46. The summed E-state index contributed by atoms with van der Waals surface area (Å²) in [5.74, 6) is -0.703. The molecule has 0 radical (unpaired) electrons. The topological polar surface area (TPSA) is 51.2 Å². The molecular weight excluding hydrogens is 314 g/mol. The van der Waals surface area contributed by atoms with Gasteiger partial charge in [-0.2, -0.15) is 0 Å².